The van der Waals surface area contributed by atoms with E-state index in [0.717, 1.165) is 12.8 Å². The van der Waals surface area contributed by atoms with Gasteiger partial charge < -0.3 is 10.4 Å². The van der Waals surface area contributed by atoms with Crippen LogP contribution in [0.15, 0.2) is 30.3 Å². The molecule has 0 aromatic heterocycles. The summed E-state index contributed by atoms with van der Waals surface area (Å²) in [6, 6.07) is 10.3. The van der Waals surface area contributed by atoms with Gasteiger partial charge in [0.1, 0.15) is 0 Å². The Morgan fingerprint density at radius 2 is 1.95 bits per heavy atom. The Labute approximate surface area is 121 Å². The van der Waals surface area contributed by atoms with Gasteiger partial charge in [-0.05, 0) is 39.3 Å². The van der Waals surface area contributed by atoms with Crippen LogP contribution >= 0.6 is 0 Å². The number of nitrogens with zero attached hydrogens (tertiary/aromatic N) is 1. The van der Waals surface area contributed by atoms with Crippen molar-refractivity contribution >= 4 is 5.91 Å². The summed E-state index contributed by atoms with van der Waals surface area (Å²) < 4.78 is 0. The van der Waals surface area contributed by atoms with Gasteiger partial charge in [-0.3, -0.25) is 9.69 Å². The number of nitrogens with one attached hydrogen (secondary N) is 1. The van der Waals surface area contributed by atoms with E-state index < -0.39 is 5.60 Å². The number of aliphatic hydroxyl groups is 1. The van der Waals surface area contributed by atoms with Gasteiger partial charge in [-0.1, -0.05) is 30.3 Å². The Kier molecular flexibility index (Phi) is 6.68. The van der Waals surface area contributed by atoms with Crippen molar-refractivity contribution in [2.45, 2.75) is 32.3 Å². The minimum Gasteiger partial charge on any atom is -0.389 e. The van der Waals surface area contributed by atoms with Gasteiger partial charge in [0.05, 0.1) is 12.1 Å². The number of hydrogen-bond donors (Lipinski definition) is 2. The summed E-state index contributed by atoms with van der Waals surface area (Å²) >= 11 is 0. The highest BCUT2D eigenvalue weighted by Gasteiger charge is 2.16. The summed E-state index contributed by atoms with van der Waals surface area (Å²) in [6.45, 7) is 4.95. The van der Waals surface area contributed by atoms with Crippen molar-refractivity contribution in [1.29, 1.82) is 0 Å². The molecule has 0 atom stereocenters. The van der Waals surface area contributed by atoms with Crippen molar-refractivity contribution in [1.82, 2.24) is 10.2 Å². The molecule has 1 aromatic carbocycles. The van der Waals surface area contributed by atoms with Crippen LogP contribution in [0.3, 0.4) is 0 Å². The number of benzene rings is 1. The van der Waals surface area contributed by atoms with E-state index >= 15 is 0 Å². The number of carbonyl (C=O) groups is 1. The molecule has 4 heteroatoms. The molecule has 112 valence electrons. The Hall–Kier alpha value is -1.39. The lowest BCUT2D eigenvalue weighted by Gasteiger charge is -2.24. The van der Waals surface area contributed by atoms with Gasteiger partial charge >= 0.3 is 0 Å². The fraction of sp³-hybridized carbons (Fsp3) is 0.562. The van der Waals surface area contributed by atoms with Gasteiger partial charge in [-0.15, -0.1) is 0 Å². The second-order valence-electron chi connectivity index (χ2n) is 5.92. The number of amides is 1. The van der Waals surface area contributed by atoms with Crippen molar-refractivity contribution in [3.8, 4) is 0 Å². The number of carbonyl (C=O) groups excluding carboxylic acids is 1. The van der Waals surface area contributed by atoms with Crippen LogP contribution in [0.2, 0.25) is 0 Å². The Morgan fingerprint density at radius 3 is 2.55 bits per heavy atom. The Bertz CT molecular complexity index is 399. The van der Waals surface area contributed by atoms with Gasteiger partial charge in [0, 0.05) is 13.1 Å². The first-order valence-corrected chi connectivity index (χ1v) is 7.08. The summed E-state index contributed by atoms with van der Waals surface area (Å²) in [5.41, 5.74) is 0.517. The quantitative estimate of drug-likeness (QED) is 0.708. The predicted octanol–water partition coefficient (Wildman–Crippen LogP) is 1.44. The molecule has 0 aliphatic carbocycles. The Morgan fingerprint density at radius 1 is 1.30 bits per heavy atom. The van der Waals surface area contributed by atoms with Gasteiger partial charge in [-0.2, -0.15) is 0 Å². The predicted molar refractivity (Wildman–Crippen MR) is 81.6 cm³/mol. The summed E-state index contributed by atoms with van der Waals surface area (Å²) in [7, 11) is 1.83. The van der Waals surface area contributed by atoms with Crippen molar-refractivity contribution in [2.24, 2.45) is 0 Å². The molecule has 0 saturated carbocycles. The number of rotatable bonds is 8. The minimum atomic E-state index is -0.775. The van der Waals surface area contributed by atoms with Crippen LogP contribution in [0.4, 0.5) is 0 Å². The largest absolute Gasteiger partial charge is 0.389 e. The Balaban J connectivity index is 2.14. The molecule has 0 saturated heterocycles. The lowest BCUT2D eigenvalue weighted by atomic mass is 10.1. The highest BCUT2D eigenvalue weighted by atomic mass is 16.3. The summed E-state index contributed by atoms with van der Waals surface area (Å²) in [4.78, 5) is 13.5. The second kappa shape index (κ2) is 8.02. The zero-order valence-corrected chi connectivity index (χ0v) is 12.7. The van der Waals surface area contributed by atoms with E-state index in [0.29, 0.717) is 19.6 Å². The van der Waals surface area contributed by atoms with E-state index in [9.17, 15) is 9.90 Å². The van der Waals surface area contributed by atoms with Crippen molar-refractivity contribution in [2.75, 3.05) is 26.7 Å². The molecule has 1 amide bonds. The van der Waals surface area contributed by atoms with Crippen LogP contribution in [0.1, 0.15) is 25.8 Å². The highest BCUT2D eigenvalue weighted by Crippen LogP contribution is 2.03. The maximum atomic E-state index is 11.7. The zero-order valence-electron chi connectivity index (χ0n) is 12.7. The van der Waals surface area contributed by atoms with E-state index in [1.807, 2.05) is 30.1 Å². The summed E-state index contributed by atoms with van der Waals surface area (Å²) in [5, 5.41) is 12.6. The van der Waals surface area contributed by atoms with Crippen LogP contribution in [-0.4, -0.2) is 48.2 Å². The molecule has 0 spiro atoms. The minimum absolute atomic E-state index is 0.00446. The molecule has 0 fully saturated rings. The first-order valence-electron chi connectivity index (χ1n) is 7.08. The molecule has 1 rings (SSSR count). The maximum Gasteiger partial charge on any atom is 0.234 e. The highest BCUT2D eigenvalue weighted by molar-refractivity contribution is 5.77. The second-order valence-corrected chi connectivity index (χ2v) is 5.92. The molecular formula is C16H26N2O2. The first-order chi connectivity index (χ1) is 9.37. The zero-order chi connectivity index (χ0) is 15.0. The van der Waals surface area contributed by atoms with Crippen LogP contribution in [0.25, 0.3) is 0 Å². The monoisotopic (exact) mass is 278 g/mol. The van der Waals surface area contributed by atoms with Crippen molar-refractivity contribution < 1.29 is 9.90 Å². The lowest BCUT2D eigenvalue weighted by molar-refractivity contribution is -0.122. The fourth-order valence-corrected chi connectivity index (χ4v) is 2.18. The third kappa shape index (κ3) is 7.92. The van der Waals surface area contributed by atoms with E-state index in [1.54, 1.807) is 13.8 Å². The first kappa shape index (κ1) is 16.7. The van der Waals surface area contributed by atoms with Gasteiger partial charge in [0.2, 0.25) is 5.91 Å². The number of hydrogen-bond acceptors (Lipinski definition) is 3. The van der Waals surface area contributed by atoms with Crippen LogP contribution in [0, 0.1) is 0 Å². The van der Waals surface area contributed by atoms with E-state index in [1.165, 1.54) is 5.56 Å². The third-order valence-electron chi connectivity index (χ3n) is 2.88. The van der Waals surface area contributed by atoms with E-state index in [2.05, 4.69) is 17.4 Å². The fourth-order valence-electron chi connectivity index (χ4n) is 2.18. The molecule has 0 bridgehead atoms. The summed E-state index contributed by atoms with van der Waals surface area (Å²) in [5.74, 6) is 0.00446. The molecular weight excluding hydrogens is 252 g/mol. The molecule has 0 aliphatic heterocycles. The normalized spacial score (nSPS) is 11.7. The molecule has 0 unspecified atom stereocenters. The van der Waals surface area contributed by atoms with Crippen molar-refractivity contribution in [3.63, 3.8) is 0 Å². The molecule has 0 heterocycles. The topological polar surface area (TPSA) is 52.6 Å². The SMILES string of the molecule is CN(CC(=O)NCCCc1ccccc1)CC(C)(C)O. The van der Waals surface area contributed by atoms with Crippen LogP contribution in [-0.2, 0) is 11.2 Å². The van der Waals surface area contributed by atoms with Crippen molar-refractivity contribution in [3.05, 3.63) is 35.9 Å². The lowest BCUT2D eigenvalue weighted by Crippen LogP contribution is -2.42. The standard InChI is InChI=1S/C16H26N2O2/c1-16(2,20)13-18(3)12-15(19)17-11-7-10-14-8-5-4-6-9-14/h4-6,8-9,20H,7,10-13H2,1-3H3,(H,17,19). The average molecular weight is 278 g/mol. The number of likely N-dealkylation sites (N-methyl/N-ethyl adjacent to an activating group) is 1. The van der Waals surface area contributed by atoms with Crippen LogP contribution in [0.5, 0.6) is 0 Å². The van der Waals surface area contributed by atoms with E-state index in [4.69, 9.17) is 0 Å². The maximum absolute atomic E-state index is 11.7. The third-order valence-corrected chi connectivity index (χ3v) is 2.88. The molecule has 1 aromatic rings. The molecule has 2 N–H and O–H groups in total. The molecule has 4 nitrogen and oxygen atoms in total. The summed E-state index contributed by atoms with van der Waals surface area (Å²) in [6.07, 6.45) is 1.91. The molecule has 0 aliphatic rings. The molecule has 20 heavy (non-hydrogen) atoms. The van der Waals surface area contributed by atoms with Gasteiger partial charge in [-0.25, -0.2) is 0 Å². The molecule has 0 radical (unpaired) electrons. The van der Waals surface area contributed by atoms with Gasteiger partial charge in [0.25, 0.3) is 0 Å². The van der Waals surface area contributed by atoms with Crippen LogP contribution < -0.4 is 5.32 Å². The number of aryl methyl sites for hydroxylation is 1. The van der Waals surface area contributed by atoms with Gasteiger partial charge in [0.15, 0.2) is 0 Å². The average Bonchev–Trinajstić information content (AvgIpc) is 2.33. The smallest absolute Gasteiger partial charge is 0.234 e. The van der Waals surface area contributed by atoms with E-state index in [-0.39, 0.29) is 5.91 Å².